The smallest absolute Gasteiger partial charge is 0.321 e. The summed E-state index contributed by atoms with van der Waals surface area (Å²) in [7, 11) is 4.64. The van der Waals surface area contributed by atoms with Crippen LogP contribution in [0.1, 0.15) is 22.8 Å². The van der Waals surface area contributed by atoms with Gasteiger partial charge in [-0.25, -0.2) is 4.79 Å². The molecule has 4 rings (SSSR count). The Kier molecular flexibility index (Phi) is 9.92. The molecule has 1 aliphatic rings. The predicted molar refractivity (Wildman–Crippen MR) is 153 cm³/mol. The van der Waals surface area contributed by atoms with E-state index >= 15 is 0 Å². The van der Waals surface area contributed by atoms with Crippen molar-refractivity contribution >= 4 is 23.3 Å². The Hall–Kier alpha value is -3.46. The van der Waals surface area contributed by atoms with Gasteiger partial charge in [0.15, 0.2) is 11.5 Å². The van der Waals surface area contributed by atoms with Gasteiger partial charge in [-0.2, -0.15) is 0 Å². The summed E-state index contributed by atoms with van der Waals surface area (Å²) in [5.74, 6) is 1.44. The topological polar surface area (TPSA) is 72.5 Å². The summed E-state index contributed by atoms with van der Waals surface area (Å²) in [6, 6.07) is 19.4. The zero-order valence-corrected chi connectivity index (χ0v) is 23.7. The highest BCUT2D eigenvalue weighted by molar-refractivity contribution is 6.30. The second-order valence-corrected chi connectivity index (χ2v) is 9.91. The fourth-order valence-electron chi connectivity index (χ4n) is 4.65. The molecule has 0 saturated carbocycles. The average molecular weight is 554 g/mol. The van der Waals surface area contributed by atoms with Gasteiger partial charge in [-0.15, -0.1) is 0 Å². The summed E-state index contributed by atoms with van der Waals surface area (Å²) in [5.41, 5.74) is 4.00. The number of rotatable bonds is 10. The molecule has 1 atom stereocenters. The number of carbonyl (C=O) groups is 1. The Morgan fingerprint density at radius 3 is 2.18 bits per heavy atom. The Labute approximate surface area is 235 Å². The normalized spacial score (nSPS) is 14.5. The number of urea groups is 1. The van der Waals surface area contributed by atoms with Crippen molar-refractivity contribution in [3.63, 3.8) is 0 Å². The molecular formula is C30H36ClN3O5. The van der Waals surface area contributed by atoms with E-state index in [1.54, 1.807) is 33.5 Å². The van der Waals surface area contributed by atoms with Crippen molar-refractivity contribution in [3.8, 4) is 17.2 Å². The van der Waals surface area contributed by atoms with Crippen LogP contribution >= 0.6 is 11.6 Å². The van der Waals surface area contributed by atoms with Gasteiger partial charge in [0, 0.05) is 49.9 Å². The van der Waals surface area contributed by atoms with E-state index in [1.807, 2.05) is 35.2 Å². The first-order valence-corrected chi connectivity index (χ1v) is 13.3. The monoisotopic (exact) mass is 553 g/mol. The first kappa shape index (κ1) is 28.5. The number of hydrogen-bond acceptors (Lipinski definition) is 6. The molecule has 39 heavy (non-hydrogen) atoms. The lowest BCUT2D eigenvalue weighted by molar-refractivity contribution is 0.00592. The van der Waals surface area contributed by atoms with Gasteiger partial charge in [0.05, 0.1) is 39.7 Å². The number of anilines is 1. The highest BCUT2D eigenvalue weighted by atomic mass is 35.5. The Morgan fingerprint density at radius 2 is 1.59 bits per heavy atom. The van der Waals surface area contributed by atoms with Crippen LogP contribution in [0.25, 0.3) is 0 Å². The second-order valence-electron chi connectivity index (χ2n) is 9.47. The molecule has 1 heterocycles. The minimum atomic E-state index is -0.172. The summed E-state index contributed by atoms with van der Waals surface area (Å²) in [5, 5.41) is 3.65. The van der Waals surface area contributed by atoms with Crippen LogP contribution in [0.3, 0.4) is 0 Å². The lowest BCUT2D eigenvalue weighted by Crippen LogP contribution is -2.50. The minimum absolute atomic E-state index is 0.123. The highest BCUT2D eigenvalue weighted by Gasteiger charge is 2.25. The summed E-state index contributed by atoms with van der Waals surface area (Å²) >= 11 is 6.14. The molecule has 9 heteroatoms. The number of methoxy groups -OCH3 is 3. The number of nitrogens with one attached hydrogen (secondary N) is 1. The van der Waals surface area contributed by atoms with Crippen molar-refractivity contribution in [2.75, 3.05) is 59.4 Å². The fraction of sp³-hybridized carbons (Fsp3) is 0.367. The number of piperazine rings is 1. The van der Waals surface area contributed by atoms with Crippen molar-refractivity contribution in [3.05, 3.63) is 82.4 Å². The largest absolute Gasteiger partial charge is 0.493 e. The van der Waals surface area contributed by atoms with E-state index in [1.165, 1.54) is 5.56 Å². The third kappa shape index (κ3) is 7.56. The average Bonchev–Trinajstić information content (AvgIpc) is 2.95. The van der Waals surface area contributed by atoms with Gasteiger partial charge in [0.1, 0.15) is 0 Å². The molecule has 0 bridgehead atoms. The van der Waals surface area contributed by atoms with Crippen molar-refractivity contribution in [1.29, 1.82) is 0 Å². The number of halogens is 1. The van der Waals surface area contributed by atoms with Crippen LogP contribution in [0.5, 0.6) is 17.2 Å². The van der Waals surface area contributed by atoms with Gasteiger partial charge in [0.2, 0.25) is 5.75 Å². The second kappa shape index (κ2) is 13.6. The van der Waals surface area contributed by atoms with Crippen molar-refractivity contribution in [2.45, 2.75) is 19.6 Å². The molecule has 0 spiro atoms. The van der Waals surface area contributed by atoms with E-state index in [4.69, 9.17) is 30.5 Å². The molecule has 0 unspecified atom stereocenters. The molecule has 1 fully saturated rings. The van der Waals surface area contributed by atoms with E-state index in [2.05, 4.69) is 35.3 Å². The number of carbonyl (C=O) groups excluding carboxylic acids is 1. The van der Waals surface area contributed by atoms with Crippen molar-refractivity contribution < 1.29 is 23.7 Å². The van der Waals surface area contributed by atoms with Gasteiger partial charge in [-0.05, 0) is 30.2 Å². The summed E-state index contributed by atoms with van der Waals surface area (Å²) < 4.78 is 22.6. The quantitative estimate of drug-likeness (QED) is 0.343. The molecule has 3 aromatic rings. The molecule has 0 aliphatic carbocycles. The van der Waals surface area contributed by atoms with Gasteiger partial charge in [-0.3, -0.25) is 4.90 Å². The van der Waals surface area contributed by atoms with Crippen LogP contribution in [0, 0.1) is 6.92 Å². The molecule has 0 radical (unpaired) electrons. The molecule has 8 nitrogen and oxygen atoms in total. The zero-order chi connectivity index (χ0) is 27.8. The highest BCUT2D eigenvalue weighted by Crippen LogP contribution is 2.40. The number of hydrogen-bond donors (Lipinski definition) is 1. The summed E-state index contributed by atoms with van der Waals surface area (Å²) in [4.78, 5) is 17.2. The van der Waals surface area contributed by atoms with E-state index in [0.29, 0.717) is 47.7 Å². The van der Waals surface area contributed by atoms with Crippen LogP contribution < -0.4 is 19.5 Å². The maximum absolute atomic E-state index is 13.0. The van der Waals surface area contributed by atoms with Crippen LogP contribution in [0.15, 0.2) is 60.7 Å². The maximum Gasteiger partial charge on any atom is 0.321 e. The standard InChI is InChI=1S/C30H36ClN3O5/c1-21-6-5-7-22(16-21)20-39-28(23-8-10-24(31)11-9-23)19-33-12-14-34(15-13-33)30(35)32-25-17-26(36-2)29(38-4)27(18-25)37-3/h5-11,16-18,28H,12-15,19-20H2,1-4H3,(H,32,35)/t28-/m0/s1. The molecule has 2 amide bonds. The van der Waals surface area contributed by atoms with Gasteiger partial charge >= 0.3 is 6.03 Å². The van der Waals surface area contributed by atoms with Crippen LogP contribution in [-0.4, -0.2) is 69.9 Å². The van der Waals surface area contributed by atoms with E-state index in [-0.39, 0.29) is 12.1 Å². The lowest BCUT2D eigenvalue weighted by Gasteiger charge is -2.36. The molecule has 208 valence electrons. The Balaban J connectivity index is 1.36. The summed E-state index contributed by atoms with van der Waals surface area (Å²) in [6.45, 7) is 5.99. The van der Waals surface area contributed by atoms with E-state index < -0.39 is 0 Å². The molecular weight excluding hydrogens is 518 g/mol. The lowest BCUT2D eigenvalue weighted by atomic mass is 10.1. The molecule has 3 aromatic carbocycles. The minimum Gasteiger partial charge on any atom is -0.493 e. The third-order valence-electron chi connectivity index (χ3n) is 6.77. The van der Waals surface area contributed by atoms with E-state index in [9.17, 15) is 4.79 Å². The van der Waals surface area contributed by atoms with Crippen molar-refractivity contribution in [1.82, 2.24) is 9.80 Å². The van der Waals surface area contributed by atoms with Crippen LogP contribution in [0.2, 0.25) is 5.02 Å². The van der Waals surface area contributed by atoms with Crippen LogP contribution in [0.4, 0.5) is 10.5 Å². The molecule has 1 saturated heterocycles. The number of amides is 2. The number of nitrogens with zero attached hydrogens (tertiary/aromatic N) is 2. The summed E-state index contributed by atoms with van der Waals surface area (Å²) in [6.07, 6.45) is -0.123. The van der Waals surface area contributed by atoms with E-state index in [0.717, 1.165) is 30.8 Å². The number of ether oxygens (including phenoxy) is 4. The zero-order valence-electron chi connectivity index (χ0n) is 22.9. The SMILES string of the molecule is COc1cc(NC(=O)N2CCN(C[C@H](OCc3cccc(C)c3)c3ccc(Cl)cc3)CC2)cc(OC)c1OC. The molecule has 1 N–H and O–H groups in total. The number of aryl methyl sites for hydroxylation is 1. The third-order valence-corrected chi connectivity index (χ3v) is 7.03. The number of benzene rings is 3. The maximum atomic E-state index is 13.0. The van der Waals surface area contributed by atoms with Gasteiger partial charge in [0.25, 0.3) is 0 Å². The predicted octanol–water partition coefficient (Wildman–Crippen LogP) is 5.78. The fourth-order valence-corrected chi connectivity index (χ4v) is 4.78. The Bertz CT molecular complexity index is 1220. The van der Waals surface area contributed by atoms with Gasteiger partial charge in [-0.1, -0.05) is 53.6 Å². The van der Waals surface area contributed by atoms with Gasteiger partial charge < -0.3 is 29.2 Å². The van der Waals surface area contributed by atoms with Crippen molar-refractivity contribution in [2.24, 2.45) is 0 Å². The first-order valence-electron chi connectivity index (χ1n) is 12.9. The van der Waals surface area contributed by atoms with Crippen LogP contribution in [-0.2, 0) is 11.3 Å². The Morgan fingerprint density at radius 1 is 0.923 bits per heavy atom. The molecule has 1 aliphatic heterocycles. The molecule has 0 aromatic heterocycles. The first-order chi connectivity index (χ1) is 18.9.